The zero-order chi connectivity index (χ0) is 19.4. The molecule has 142 valence electrons. The van der Waals surface area contributed by atoms with Crippen molar-refractivity contribution in [3.05, 3.63) is 48.3 Å². The van der Waals surface area contributed by atoms with Crippen LogP contribution in [0.5, 0.6) is 0 Å². The van der Waals surface area contributed by atoms with E-state index in [0.29, 0.717) is 19.5 Å². The standard InChI is InChI=1S/C20H24N4O3/c1-20(2,3)27-19(26)24-10-9-16(13-24)22-18(25)17-11-15(12-21-23-17)14-7-5-4-6-8-14/h4-8,11-12,16H,9-10,13H2,1-3H3,(H,22,25). The van der Waals surface area contributed by atoms with Gasteiger partial charge >= 0.3 is 6.09 Å². The topological polar surface area (TPSA) is 84.4 Å². The summed E-state index contributed by atoms with van der Waals surface area (Å²) in [7, 11) is 0. The lowest BCUT2D eigenvalue weighted by Gasteiger charge is -2.24. The van der Waals surface area contributed by atoms with Crippen LogP contribution in [0, 0.1) is 0 Å². The van der Waals surface area contributed by atoms with Gasteiger partial charge in [0.15, 0.2) is 5.69 Å². The molecule has 0 spiro atoms. The van der Waals surface area contributed by atoms with Gasteiger partial charge in [-0.15, -0.1) is 5.10 Å². The number of carbonyl (C=O) groups excluding carboxylic acids is 2. The average molecular weight is 368 g/mol. The van der Waals surface area contributed by atoms with Crippen LogP contribution in [-0.4, -0.2) is 51.8 Å². The number of rotatable bonds is 3. The number of nitrogens with zero attached hydrogens (tertiary/aromatic N) is 3. The first kappa shape index (κ1) is 18.8. The highest BCUT2D eigenvalue weighted by Crippen LogP contribution is 2.19. The molecule has 0 radical (unpaired) electrons. The van der Waals surface area contributed by atoms with E-state index in [4.69, 9.17) is 4.74 Å². The molecule has 1 saturated heterocycles. The van der Waals surface area contributed by atoms with Gasteiger partial charge in [0.1, 0.15) is 5.60 Å². The van der Waals surface area contributed by atoms with E-state index in [1.807, 2.05) is 51.1 Å². The van der Waals surface area contributed by atoms with E-state index in [2.05, 4.69) is 15.5 Å². The molecule has 27 heavy (non-hydrogen) atoms. The number of amides is 2. The van der Waals surface area contributed by atoms with Crippen LogP contribution in [0.4, 0.5) is 4.79 Å². The van der Waals surface area contributed by atoms with Crippen molar-refractivity contribution in [2.45, 2.75) is 38.8 Å². The molecule has 0 saturated carbocycles. The summed E-state index contributed by atoms with van der Waals surface area (Å²) in [6.07, 6.45) is 1.95. The minimum absolute atomic E-state index is 0.132. The minimum atomic E-state index is -0.536. The van der Waals surface area contributed by atoms with Crippen molar-refractivity contribution < 1.29 is 14.3 Å². The van der Waals surface area contributed by atoms with Crippen molar-refractivity contribution >= 4 is 12.0 Å². The van der Waals surface area contributed by atoms with Gasteiger partial charge in [0.05, 0.1) is 6.20 Å². The van der Waals surface area contributed by atoms with Gasteiger partial charge in [0.25, 0.3) is 5.91 Å². The molecular weight excluding hydrogens is 344 g/mol. The summed E-state index contributed by atoms with van der Waals surface area (Å²) in [5.41, 5.74) is 1.52. The molecule has 1 N–H and O–H groups in total. The van der Waals surface area contributed by atoms with E-state index >= 15 is 0 Å². The number of aromatic nitrogens is 2. The maximum atomic E-state index is 12.5. The fourth-order valence-corrected chi connectivity index (χ4v) is 2.90. The molecule has 1 aliphatic rings. The van der Waals surface area contributed by atoms with E-state index in [1.54, 1.807) is 17.2 Å². The van der Waals surface area contributed by atoms with E-state index in [9.17, 15) is 9.59 Å². The lowest BCUT2D eigenvalue weighted by molar-refractivity contribution is 0.0290. The second-order valence-electron chi connectivity index (χ2n) is 7.58. The van der Waals surface area contributed by atoms with E-state index in [1.165, 1.54) is 0 Å². The third-order valence-electron chi connectivity index (χ3n) is 4.17. The van der Waals surface area contributed by atoms with Crippen LogP contribution in [0.25, 0.3) is 11.1 Å². The predicted octanol–water partition coefficient (Wildman–Crippen LogP) is 2.88. The molecular formula is C20H24N4O3. The van der Waals surface area contributed by atoms with Crippen molar-refractivity contribution in [1.82, 2.24) is 20.4 Å². The van der Waals surface area contributed by atoms with Gasteiger partial charge in [-0.3, -0.25) is 4.79 Å². The Bertz CT molecular complexity index is 817. The van der Waals surface area contributed by atoms with Crippen molar-refractivity contribution in [3.63, 3.8) is 0 Å². The molecule has 1 aliphatic heterocycles. The number of carbonyl (C=O) groups is 2. The van der Waals surface area contributed by atoms with Gasteiger partial charge in [-0.2, -0.15) is 5.10 Å². The molecule has 0 aliphatic carbocycles. The third-order valence-corrected chi connectivity index (χ3v) is 4.17. The van der Waals surface area contributed by atoms with E-state index < -0.39 is 5.60 Å². The molecule has 1 aromatic heterocycles. The Hall–Kier alpha value is -2.96. The zero-order valence-electron chi connectivity index (χ0n) is 15.8. The Balaban J connectivity index is 1.61. The van der Waals surface area contributed by atoms with E-state index in [0.717, 1.165) is 11.1 Å². The number of ether oxygens (including phenoxy) is 1. The maximum absolute atomic E-state index is 12.5. The number of hydrogen-bond donors (Lipinski definition) is 1. The highest BCUT2D eigenvalue weighted by atomic mass is 16.6. The maximum Gasteiger partial charge on any atom is 0.410 e. The summed E-state index contributed by atoms with van der Waals surface area (Å²) < 4.78 is 5.38. The van der Waals surface area contributed by atoms with Crippen LogP contribution >= 0.6 is 0 Å². The lowest BCUT2D eigenvalue weighted by Crippen LogP contribution is -2.40. The molecule has 2 amide bonds. The van der Waals surface area contributed by atoms with Gasteiger partial charge in [-0.25, -0.2) is 4.79 Å². The molecule has 3 rings (SSSR count). The molecule has 2 aromatic rings. The monoisotopic (exact) mass is 368 g/mol. The smallest absolute Gasteiger partial charge is 0.410 e. The van der Waals surface area contributed by atoms with Gasteiger partial charge in [0.2, 0.25) is 0 Å². The minimum Gasteiger partial charge on any atom is -0.444 e. The van der Waals surface area contributed by atoms with E-state index in [-0.39, 0.29) is 23.7 Å². The Morgan fingerprint density at radius 1 is 1.19 bits per heavy atom. The van der Waals surface area contributed by atoms with Gasteiger partial charge < -0.3 is 15.0 Å². The highest BCUT2D eigenvalue weighted by Gasteiger charge is 2.30. The fourth-order valence-electron chi connectivity index (χ4n) is 2.90. The first-order valence-electron chi connectivity index (χ1n) is 8.99. The average Bonchev–Trinajstić information content (AvgIpc) is 3.10. The second-order valence-corrected chi connectivity index (χ2v) is 7.58. The van der Waals surface area contributed by atoms with Crippen LogP contribution in [0.3, 0.4) is 0 Å². The normalized spacial score (nSPS) is 16.9. The Morgan fingerprint density at radius 2 is 1.93 bits per heavy atom. The van der Waals surface area contributed by atoms with Gasteiger partial charge in [0, 0.05) is 24.7 Å². The van der Waals surface area contributed by atoms with Crippen molar-refractivity contribution in [2.24, 2.45) is 0 Å². The van der Waals surface area contributed by atoms with Gasteiger partial charge in [-0.1, -0.05) is 30.3 Å². The summed E-state index contributed by atoms with van der Waals surface area (Å²) in [4.78, 5) is 26.3. The molecule has 7 heteroatoms. The van der Waals surface area contributed by atoms with Crippen LogP contribution < -0.4 is 5.32 Å². The van der Waals surface area contributed by atoms with Crippen molar-refractivity contribution in [3.8, 4) is 11.1 Å². The second kappa shape index (κ2) is 7.73. The SMILES string of the molecule is CC(C)(C)OC(=O)N1CCC(NC(=O)c2cc(-c3ccccc3)cnn2)C1. The summed E-state index contributed by atoms with van der Waals surface area (Å²) in [6.45, 7) is 6.47. The third kappa shape index (κ3) is 5.03. The van der Waals surface area contributed by atoms with Crippen molar-refractivity contribution in [2.75, 3.05) is 13.1 Å². The Morgan fingerprint density at radius 3 is 2.63 bits per heavy atom. The largest absolute Gasteiger partial charge is 0.444 e. The Labute approximate surface area is 158 Å². The van der Waals surface area contributed by atoms with Crippen molar-refractivity contribution in [1.29, 1.82) is 0 Å². The number of benzene rings is 1. The van der Waals surface area contributed by atoms with Crippen LogP contribution in [0.2, 0.25) is 0 Å². The molecule has 7 nitrogen and oxygen atoms in total. The summed E-state index contributed by atoms with van der Waals surface area (Å²) in [6, 6.07) is 11.3. The molecule has 0 bridgehead atoms. The summed E-state index contributed by atoms with van der Waals surface area (Å²) >= 11 is 0. The molecule has 1 aromatic carbocycles. The van der Waals surface area contributed by atoms with Crippen LogP contribution in [0.1, 0.15) is 37.7 Å². The van der Waals surface area contributed by atoms with Crippen LogP contribution in [0.15, 0.2) is 42.6 Å². The summed E-state index contributed by atoms with van der Waals surface area (Å²) in [5.74, 6) is -0.295. The fraction of sp³-hybridized carbons (Fsp3) is 0.400. The van der Waals surface area contributed by atoms with Gasteiger partial charge in [-0.05, 0) is 38.8 Å². The first-order valence-corrected chi connectivity index (χ1v) is 8.99. The first-order chi connectivity index (χ1) is 12.8. The molecule has 1 fully saturated rings. The number of hydrogen-bond acceptors (Lipinski definition) is 5. The number of likely N-dealkylation sites (tertiary alicyclic amines) is 1. The predicted molar refractivity (Wildman–Crippen MR) is 101 cm³/mol. The number of nitrogens with one attached hydrogen (secondary N) is 1. The zero-order valence-corrected chi connectivity index (χ0v) is 15.8. The molecule has 2 heterocycles. The highest BCUT2D eigenvalue weighted by molar-refractivity contribution is 5.93. The Kier molecular flexibility index (Phi) is 5.39. The quantitative estimate of drug-likeness (QED) is 0.900. The summed E-state index contributed by atoms with van der Waals surface area (Å²) in [5, 5.41) is 10.8. The van der Waals surface area contributed by atoms with Crippen LogP contribution in [-0.2, 0) is 4.74 Å². The lowest BCUT2D eigenvalue weighted by atomic mass is 10.1. The molecule has 1 unspecified atom stereocenters. The molecule has 1 atom stereocenters.